The molecule has 2 aromatic carbocycles. The summed E-state index contributed by atoms with van der Waals surface area (Å²) in [7, 11) is -7.02. The summed E-state index contributed by atoms with van der Waals surface area (Å²) in [5, 5.41) is 3.29. The van der Waals surface area contributed by atoms with Gasteiger partial charge in [-0.15, -0.1) is 0 Å². The van der Waals surface area contributed by atoms with Crippen molar-refractivity contribution in [2.24, 2.45) is 5.92 Å². The Labute approximate surface area is 167 Å². The zero-order valence-corrected chi connectivity index (χ0v) is 17.7. The molecule has 0 saturated heterocycles. The van der Waals surface area contributed by atoms with Crippen molar-refractivity contribution in [1.29, 1.82) is 0 Å². The Morgan fingerprint density at radius 1 is 1.04 bits per heavy atom. The molecule has 0 bridgehead atoms. The van der Waals surface area contributed by atoms with Crippen molar-refractivity contribution in [3.05, 3.63) is 53.6 Å². The van der Waals surface area contributed by atoms with Crippen molar-refractivity contribution in [2.75, 3.05) is 24.4 Å². The molecule has 0 radical (unpaired) electrons. The summed E-state index contributed by atoms with van der Waals surface area (Å²) in [4.78, 5) is 0.0525. The highest BCUT2D eigenvalue weighted by Crippen LogP contribution is 2.60. The molecule has 2 aliphatic rings. The van der Waals surface area contributed by atoms with E-state index in [0.717, 1.165) is 25.4 Å². The molecule has 2 aliphatic carbocycles. The van der Waals surface area contributed by atoms with Gasteiger partial charge in [-0.25, -0.2) is 16.8 Å². The van der Waals surface area contributed by atoms with E-state index >= 15 is 0 Å². The molecule has 4 rings (SSSR count). The van der Waals surface area contributed by atoms with Crippen LogP contribution in [0.3, 0.4) is 0 Å². The molecule has 0 amide bonds. The van der Waals surface area contributed by atoms with Gasteiger partial charge in [0.25, 0.3) is 0 Å². The Hall–Kier alpha value is -1.86. The van der Waals surface area contributed by atoms with Gasteiger partial charge < -0.3 is 5.32 Å². The van der Waals surface area contributed by atoms with Crippen LogP contribution in [0.2, 0.25) is 0 Å². The molecule has 0 aromatic heterocycles. The van der Waals surface area contributed by atoms with Gasteiger partial charge in [-0.2, -0.15) is 0 Å². The van der Waals surface area contributed by atoms with Crippen LogP contribution >= 0.6 is 0 Å². The molecule has 1 N–H and O–H groups in total. The van der Waals surface area contributed by atoms with E-state index in [0.29, 0.717) is 18.2 Å². The number of benzene rings is 2. The number of fused-ring (bicyclic) bond motifs is 2. The third-order valence-corrected chi connectivity index (χ3v) is 8.42. The molecule has 1 spiro atoms. The maximum atomic E-state index is 12.2. The van der Waals surface area contributed by atoms with E-state index in [4.69, 9.17) is 0 Å². The monoisotopic (exact) mass is 419 g/mol. The molecule has 2 atom stereocenters. The normalized spacial score (nSPS) is 24.0. The number of nitrogens with one attached hydrogen (secondary N) is 1. The number of hydrogen-bond donors (Lipinski definition) is 1. The second-order valence-corrected chi connectivity index (χ2v) is 12.2. The van der Waals surface area contributed by atoms with E-state index in [1.54, 1.807) is 6.07 Å². The highest BCUT2D eigenvalue weighted by molar-refractivity contribution is 7.91. The van der Waals surface area contributed by atoms with Crippen molar-refractivity contribution in [3.8, 4) is 0 Å². The molecule has 0 heterocycles. The Balaban J connectivity index is 1.58. The smallest absolute Gasteiger partial charge is 0.177 e. The Bertz CT molecular complexity index is 1140. The van der Waals surface area contributed by atoms with Crippen LogP contribution in [0, 0.1) is 5.92 Å². The minimum absolute atomic E-state index is 0.0163. The molecule has 7 heteroatoms. The van der Waals surface area contributed by atoms with Gasteiger partial charge >= 0.3 is 0 Å². The van der Waals surface area contributed by atoms with Gasteiger partial charge in [-0.1, -0.05) is 24.3 Å². The molecule has 1 fully saturated rings. The lowest BCUT2D eigenvalue weighted by Crippen LogP contribution is -2.21. The highest BCUT2D eigenvalue weighted by Gasteiger charge is 2.55. The molecule has 0 aliphatic heterocycles. The fourth-order valence-electron chi connectivity index (χ4n) is 4.66. The van der Waals surface area contributed by atoms with Crippen LogP contribution in [0.5, 0.6) is 0 Å². The summed E-state index contributed by atoms with van der Waals surface area (Å²) in [5.74, 6) is 0.455. The van der Waals surface area contributed by atoms with Crippen LogP contribution in [0.15, 0.2) is 52.3 Å². The van der Waals surface area contributed by atoms with Crippen molar-refractivity contribution in [1.82, 2.24) is 0 Å². The first kappa shape index (κ1) is 19.5. The minimum Gasteiger partial charge on any atom is -0.384 e. The average molecular weight is 420 g/mol. The molecule has 2 aromatic rings. The van der Waals surface area contributed by atoms with Crippen molar-refractivity contribution in [3.63, 3.8) is 0 Å². The van der Waals surface area contributed by atoms with E-state index < -0.39 is 19.7 Å². The van der Waals surface area contributed by atoms with Crippen molar-refractivity contribution in [2.45, 2.75) is 40.9 Å². The quantitative estimate of drug-likeness (QED) is 0.805. The van der Waals surface area contributed by atoms with Gasteiger partial charge in [0.2, 0.25) is 0 Å². The van der Waals surface area contributed by atoms with Crippen LogP contribution in [0.25, 0.3) is 0 Å². The van der Waals surface area contributed by atoms with Gasteiger partial charge in [0.1, 0.15) is 0 Å². The Kier molecular flexibility index (Phi) is 4.58. The van der Waals surface area contributed by atoms with E-state index in [9.17, 15) is 16.8 Å². The van der Waals surface area contributed by atoms with Crippen LogP contribution in [0.1, 0.15) is 30.4 Å². The van der Waals surface area contributed by atoms with Gasteiger partial charge in [-0.05, 0) is 60.9 Å². The Morgan fingerprint density at radius 3 is 2.50 bits per heavy atom. The third-order valence-electron chi connectivity index (χ3n) is 6.17. The molecule has 2 unspecified atom stereocenters. The lowest BCUT2D eigenvalue weighted by molar-refractivity contribution is 0.503. The number of anilines is 1. The summed E-state index contributed by atoms with van der Waals surface area (Å²) in [5.41, 5.74) is 3.57. The van der Waals surface area contributed by atoms with Gasteiger partial charge in [0.05, 0.1) is 15.5 Å². The summed E-state index contributed by atoms with van der Waals surface area (Å²) < 4.78 is 48.0. The first-order valence-electron chi connectivity index (χ1n) is 9.48. The summed E-state index contributed by atoms with van der Waals surface area (Å²) in [6.45, 7) is 0.676. The first-order chi connectivity index (χ1) is 13.1. The molecular formula is C21H25NO4S2. The summed E-state index contributed by atoms with van der Waals surface area (Å²) in [6.07, 6.45) is 6.77. The van der Waals surface area contributed by atoms with E-state index in [1.807, 2.05) is 0 Å². The van der Waals surface area contributed by atoms with Crippen molar-refractivity contribution >= 4 is 25.4 Å². The molecule has 28 heavy (non-hydrogen) atoms. The fourth-order valence-corrected chi connectivity index (χ4v) is 6.26. The Morgan fingerprint density at radius 2 is 1.79 bits per heavy atom. The topological polar surface area (TPSA) is 80.3 Å². The van der Waals surface area contributed by atoms with E-state index in [1.165, 1.54) is 36.1 Å². The fraction of sp³-hybridized carbons (Fsp3) is 0.429. The third kappa shape index (κ3) is 3.46. The maximum absolute atomic E-state index is 12.2. The molecule has 150 valence electrons. The number of aryl methyl sites for hydroxylation is 1. The lowest BCUT2D eigenvalue weighted by atomic mass is 9.78. The van der Waals surface area contributed by atoms with E-state index in [2.05, 4.69) is 29.6 Å². The predicted molar refractivity (Wildman–Crippen MR) is 110 cm³/mol. The minimum atomic E-state index is -3.55. The van der Waals surface area contributed by atoms with Crippen LogP contribution < -0.4 is 5.32 Å². The summed E-state index contributed by atoms with van der Waals surface area (Å²) in [6, 6.07) is 12.9. The van der Waals surface area contributed by atoms with E-state index in [-0.39, 0.29) is 15.2 Å². The van der Waals surface area contributed by atoms with Crippen molar-refractivity contribution < 1.29 is 16.8 Å². The first-order valence-corrected chi connectivity index (χ1v) is 13.3. The van der Waals surface area contributed by atoms with Gasteiger partial charge in [-0.3, -0.25) is 0 Å². The number of sulfone groups is 2. The molecule has 5 nitrogen and oxygen atoms in total. The zero-order valence-electron chi connectivity index (χ0n) is 16.1. The largest absolute Gasteiger partial charge is 0.384 e. The van der Waals surface area contributed by atoms with Gasteiger partial charge in [0, 0.05) is 24.5 Å². The lowest BCUT2D eigenvalue weighted by Gasteiger charge is -2.27. The van der Waals surface area contributed by atoms with Crippen LogP contribution in [0.4, 0.5) is 5.69 Å². The predicted octanol–water partition coefficient (Wildman–Crippen LogP) is 3.20. The second-order valence-electron chi connectivity index (χ2n) is 8.15. The highest BCUT2D eigenvalue weighted by atomic mass is 32.2. The summed E-state index contributed by atoms with van der Waals surface area (Å²) >= 11 is 0. The maximum Gasteiger partial charge on any atom is 0.177 e. The van der Waals surface area contributed by atoms with Crippen LogP contribution in [-0.2, 0) is 31.5 Å². The zero-order chi connectivity index (χ0) is 20.2. The molecular weight excluding hydrogens is 394 g/mol. The van der Waals surface area contributed by atoms with Gasteiger partial charge in [0.15, 0.2) is 19.7 Å². The second kappa shape index (κ2) is 6.59. The average Bonchev–Trinajstić information content (AvgIpc) is 3.32. The molecule has 1 saturated carbocycles. The number of rotatable bonds is 5. The number of hydrogen-bond acceptors (Lipinski definition) is 5. The standard InChI is InChI=1S/C21H25NO4S2/c1-27(23,24)17-9-10-19(20(12-17)28(2,25)26)22-14-16-13-21(16)11-5-7-15-6-3-4-8-18(15)21/h3-4,6,8-10,12,16,22H,5,7,11,13-14H2,1-2H3. The van der Waals surface area contributed by atoms with Crippen LogP contribution in [-0.4, -0.2) is 35.9 Å². The SMILES string of the molecule is CS(=O)(=O)c1ccc(NCC2CC23CCCc2ccccc23)c(S(C)(=O)=O)c1.